The molecule has 0 saturated carbocycles. The van der Waals surface area contributed by atoms with Crippen LogP contribution in [0.5, 0.6) is 11.5 Å². The van der Waals surface area contributed by atoms with Gasteiger partial charge in [-0.05, 0) is 33.4 Å². The molecule has 0 aliphatic rings. The van der Waals surface area contributed by atoms with Crippen LogP contribution in [0.1, 0.15) is 0 Å². The summed E-state index contributed by atoms with van der Waals surface area (Å²) < 4.78 is 0. The minimum Gasteiger partial charge on any atom is -0.504 e. The topological polar surface area (TPSA) is 40.5 Å². The van der Waals surface area contributed by atoms with Crippen LogP contribution in [-0.4, -0.2) is 10.2 Å². The van der Waals surface area contributed by atoms with E-state index in [1.165, 1.54) is 0 Å². The summed E-state index contributed by atoms with van der Waals surface area (Å²) in [6.45, 7) is 0. The van der Waals surface area contributed by atoms with Gasteiger partial charge < -0.3 is 10.2 Å². The van der Waals surface area contributed by atoms with E-state index in [9.17, 15) is 10.2 Å². The van der Waals surface area contributed by atoms with E-state index < -0.39 is 0 Å². The van der Waals surface area contributed by atoms with E-state index in [4.69, 9.17) is 0 Å². The van der Waals surface area contributed by atoms with E-state index in [1.54, 1.807) is 0 Å². The predicted octanol–water partition coefficient (Wildman–Crippen LogP) is 9.43. The van der Waals surface area contributed by atoms with E-state index >= 15 is 0 Å². The van der Waals surface area contributed by atoms with Gasteiger partial charge in [-0.3, -0.25) is 0 Å². The fourth-order valence-electron chi connectivity index (χ4n) is 5.23. The first kappa shape index (κ1) is 23.3. The maximum Gasteiger partial charge on any atom is 0.166 e. The molecule has 0 aliphatic heterocycles. The Hall–Kier alpha value is -5.08. The van der Waals surface area contributed by atoms with Crippen molar-refractivity contribution >= 4 is 0 Å². The highest BCUT2D eigenvalue weighted by atomic mass is 16.3. The molecular formula is C36H26O2. The van der Waals surface area contributed by atoms with Crippen molar-refractivity contribution in [3.8, 4) is 67.1 Å². The lowest BCUT2D eigenvalue weighted by atomic mass is 9.80. The van der Waals surface area contributed by atoms with E-state index in [2.05, 4.69) is 36.4 Å². The van der Waals surface area contributed by atoms with Gasteiger partial charge in [0.2, 0.25) is 0 Å². The second kappa shape index (κ2) is 10.1. The smallest absolute Gasteiger partial charge is 0.166 e. The largest absolute Gasteiger partial charge is 0.504 e. The van der Waals surface area contributed by atoms with Crippen molar-refractivity contribution in [1.29, 1.82) is 0 Å². The van der Waals surface area contributed by atoms with Crippen LogP contribution in [0.25, 0.3) is 55.6 Å². The summed E-state index contributed by atoms with van der Waals surface area (Å²) in [6, 6.07) is 48.2. The van der Waals surface area contributed by atoms with Gasteiger partial charge in [-0.2, -0.15) is 0 Å². The third kappa shape index (κ3) is 4.12. The SMILES string of the molecule is Oc1c(O)c(-c2ccccc2)c(-c2ccccc2-c2ccccc2)c(-c2ccccc2)c1-c1ccccc1. The molecule has 38 heavy (non-hydrogen) atoms. The summed E-state index contributed by atoms with van der Waals surface area (Å²) in [5, 5.41) is 23.4. The highest BCUT2D eigenvalue weighted by molar-refractivity contribution is 6.09. The molecule has 0 bridgehead atoms. The van der Waals surface area contributed by atoms with Gasteiger partial charge in [-0.15, -0.1) is 0 Å². The number of rotatable bonds is 5. The molecule has 0 aromatic heterocycles. The number of benzene rings is 6. The van der Waals surface area contributed by atoms with Gasteiger partial charge in [0.15, 0.2) is 11.5 Å². The second-order valence-corrected chi connectivity index (χ2v) is 9.21. The summed E-state index contributed by atoms with van der Waals surface area (Å²) >= 11 is 0. The predicted molar refractivity (Wildman–Crippen MR) is 157 cm³/mol. The van der Waals surface area contributed by atoms with Crippen LogP contribution >= 0.6 is 0 Å². The molecule has 0 spiro atoms. The number of hydrogen-bond acceptors (Lipinski definition) is 2. The summed E-state index contributed by atoms with van der Waals surface area (Å²) in [7, 11) is 0. The number of hydrogen-bond donors (Lipinski definition) is 2. The maximum absolute atomic E-state index is 11.7. The van der Waals surface area contributed by atoms with Crippen LogP contribution in [0, 0.1) is 0 Å². The van der Waals surface area contributed by atoms with Crippen LogP contribution in [0.3, 0.4) is 0 Å². The molecule has 0 unspecified atom stereocenters. The van der Waals surface area contributed by atoms with Crippen molar-refractivity contribution in [2.45, 2.75) is 0 Å². The molecule has 2 N–H and O–H groups in total. The Morgan fingerprint density at radius 2 is 0.579 bits per heavy atom. The molecule has 6 rings (SSSR count). The minimum absolute atomic E-state index is 0.130. The van der Waals surface area contributed by atoms with Gasteiger partial charge in [-0.1, -0.05) is 146 Å². The molecule has 0 saturated heterocycles. The number of phenols is 2. The molecular weight excluding hydrogens is 464 g/mol. The van der Waals surface area contributed by atoms with E-state index in [1.807, 2.05) is 109 Å². The van der Waals surface area contributed by atoms with E-state index in [0.717, 1.165) is 44.5 Å². The molecule has 0 aliphatic carbocycles. The lowest BCUT2D eigenvalue weighted by Crippen LogP contribution is -1.98. The fraction of sp³-hybridized carbons (Fsp3) is 0. The summed E-state index contributed by atoms with van der Waals surface area (Å²) in [4.78, 5) is 0. The number of aromatic hydroxyl groups is 2. The zero-order valence-electron chi connectivity index (χ0n) is 20.8. The average molecular weight is 491 g/mol. The van der Waals surface area contributed by atoms with Crippen molar-refractivity contribution in [1.82, 2.24) is 0 Å². The third-order valence-electron chi connectivity index (χ3n) is 6.92. The quantitative estimate of drug-likeness (QED) is 0.236. The Bertz CT molecular complexity index is 1690. The molecule has 6 aromatic carbocycles. The Morgan fingerprint density at radius 3 is 1.03 bits per heavy atom. The van der Waals surface area contributed by atoms with Crippen molar-refractivity contribution < 1.29 is 10.2 Å². The van der Waals surface area contributed by atoms with Gasteiger partial charge in [0.1, 0.15) is 0 Å². The summed E-state index contributed by atoms with van der Waals surface area (Å²) in [5.41, 5.74) is 8.66. The molecule has 0 heterocycles. The Kier molecular flexibility index (Phi) is 6.21. The molecule has 2 nitrogen and oxygen atoms in total. The van der Waals surface area contributed by atoms with Crippen molar-refractivity contribution in [2.75, 3.05) is 0 Å². The first-order chi connectivity index (χ1) is 18.7. The molecule has 2 heteroatoms. The lowest BCUT2D eigenvalue weighted by molar-refractivity contribution is 0.407. The van der Waals surface area contributed by atoms with Crippen LogP contribution in [0.2, 0.25) is 0 Å². The van der Waals surface area contributed by atoms with Gasteiger partial charge >= 0.3 is 0 Å². The van der Waals surface area contributed by atoms with Crippen LogP contribution in [-0.2, 0) is 0 Å². The van der Waals surface area contributed by atoms with Gasteiger partial charge in [0.25, 0.3) is 0 Å². The summed E-state index contributed by atoms with van der Waals surface area (Å²) in [6.07, 6.45) is 0. The van der Waals surface area contributed by atoms with Gasteiger partial charge in [0.05, 0.1) is 0 Å². The zero-order valence-corrected chi connectivity index (χ0v) is 20.8. The van der Waals surface area contributed by atoms with Gasteiger partial charge in [0, 0.05) is 22.3 Å². The Balaban J connectivity index is 1.84. The highest BCUT2D eigenvalue weighted by Gasteiger charge is 2.28. The Labute approximate surface area is 222 Å². The zero-order chi connectivity index (χ0) is 25.9. The monoisotopic (exact) mass is 490 g/mol. The van der Waals surface area contributed by atoms with Crippen molar-refractivity contribution in [3.63, 3.8) is 0 Å². The van der Waals surface area contributed by atoms with Crippen LogP contribution in [0.15, 0.2) is 146 Å². The average Bonchev–Trinajstić information content (AvgIpc) is 3.00. The van der Waals surface area contributed by atoms with Gasteiger partial charge in [-0.25, -0.2) is 0 Å². The molecule has 6 aromatic rings. The lowest BCUT2D eigenvalue weighted by Gasteiger charge is -2.24. The molecule has 0 amide bonds. The normalized spacial score (nSPS) is 10.8. The highest BCUT2D eigenvalue weighted by Crippen LogP contribution is 2.56. The maximum atomic E-state index is 11.7. The van der Waals surface area contributed by atoms with Crippen LogP contribution in [0.4, 0.5) is 0 Å². The minimum atomic E-state index is -0.132. The number of phenolic OH excluding ortho intramolecular Hbond substituents is 2. The standard InChI is InChI=1S/C36H26O2/c37-35-32(27-19-9-3-10-20-27)31(26-17-7-2-8-18-26)34(33(36(35)38)28-21-11-4-12-22-28)30-24-14-13-23-29(30)25-15-5-1-6-16-25/h1-24,37-38H. The fourth-order valence-corrected chi connectivity index (χ4v) is 5.23. The van der Waals surface area contributed by atoms with E-state index in [-0.39, 0.29) is 11.5 Å². The molecule has 0 radical (unpaired) electrons. The third-order valence-corrected chi connectivity index (χ3v) is 6.92. The summed E-state index contributed by atoms with van der Waals surface area (Å²) in [5.74, 6) is -0.262. The molecule has 182 valence electrons. The first-order valence-corrected chi connectivity index (χ1v) is 12.7. The van der Waals surface area contributed by atoms with E-state index in [0.29, 0.717) is 11.1 Å². The second-order valence-electron chi connectivity index (χ2n) is 9.21. The van der Waals surface area contributed by atoms with Crippen LogP contribution < -0.4 is 0 Å². The first-order valence-electron chi connectivity index (χ1n) is 12.7. The molecule has 0 atom stereocenters. The Morgan fingerprint density at radius 1 is 0.263 bits per heavy atom. The van der Waals surface area contributed by atoms with Crippen molar-refractivity contribution in [3.05, 3.63) is 146 Å². The van der Waals surface area contributed by atoms with Crippen molar-refractivity contribution in [2.24, 2.45) is 0 Å². The molecule has 0 fully saturated rings.